The maximum Gasteiger partial charge on any atom is 0.339 e. The van der Waals surface area contributed by atoms with Gasteiger partial charge in [0.25, 0.3) is 0 Å². The number of carbonyl (C=O) groups is 1. The fraction of sp³-hybridized carbons (Fsp3) is 0.300. The molecule has 0 saturated heterocycles. The van der Waals surface area contributed by atoms with Crippen molar-refractivity contribution in [3.05, 3.63) is 33.4 Å². The van der Waals surface area contributed by atoms with E-state index in [0.29, 0.717) is 12.2 Å². The predicted molar refractivity (Wildman–Crippen MR) is 64.6 cm³/mol. The van der Waals surface area contributed by atoms with E-state index in [1.807, 2.05) is 18.2 Å². The summed E-state index contributed by atoms with van der Waals surface area (Å²) in [5, 5.41) is 0. The molecule has 0 aliphatic rings. The summed E-state index contributed by atoms with van der Waals surface area (Å²) < 4.78 is 6.00. The van der Waals surface area contributed by atoms with E-state index in [4.69, 9.17) is 4.74 Å². The van der Waals surface area contributed by atoms with Crippen LogP contribution in [0.3, 0.4) is 0 Å². The van der Waals surface area contributed by atoms with Crippen LogP contribution >= 0.6 is 22.6 Å². The van der Waals surface area contributed by atoms with Crippen molar-refractivity contribution in [1.29, 1.82) is 0 Å². The lowest BCUT2D eigenvalue weighted by atomic mass is 10.2. The Morgan fingerprint density at radius 2 is 2.14 bits per heavy atom. The van der Waals surface area contributed by atoms with Crippen molar-refractivity contribution in [1.82, 2.24) is 0 Å². The monoisotopic (exact) mass is 317 g/mol. The number of benzene rings is 1. The second-order valence-corrected chi connectivity index (χ2v) is 4.38. The molecule has 0 atom stereocenters. The van der Waals surface area contributed by atoms with Crippen LogP contribution in [0.25, 0.3) is 0 Å². The summed E-state index contributed by atoms with van der Waals surface area (Å²) in [6, 6.07) is 8.25. The topological polar surface area (TPSA) is 26.3 Å². The lowest BCUT2D eigenvalue weighted by Gasteiger charge is -2.04. The third-order valence-corrected chi connectivity index (χ3v) is 2.94. The van der Waals surface area contributed by atoms with Gasteiger partial charge in [-0.1, -0.05) is 18.2 Å². The van der Waals surface area contributed by atoms with E-state index < -0.39 is 0 Å². The normalized spacial score (nSPS) is 9.86. The molecule has 1 rings (SSSR count). The zero-order chi connectivity index (χ0) is 10.4. The number of rotatable bonds is 4. The SMILES string of the molecule is O=C(OCCC[Si])c1ccccc1I. The minimum absolute atomic E-state index is 0.241. The van der Waals surface area contributed by atoms with E-state index in [1.165, 1.54) is 0 Å². The first-order valence-corrected chi connectivity index (χ1v) is 6.10. The van der Waals surface area contributed by atoms with Crippen LogP contribution in [0.2, 0.25) is 6.04 Å². The van der Waals surface area contributed by atoms with Crippen LogP contribution in [0.1, 0.15) is 16.8 Å². The molecule has 0 saturated carbocycles. The number of carbonyl (C=O) groups excluding carboxylic acids is 1. The zero-order valence-electron chi connectivity index (χ0n) is 7.63. The van der Waals surface area contributed by atoms with Gasteiger partial charge in [0, 0.05) is 13.8 Å². The second kappa shape index (κ2) is 6.18. The fourth-order valence-corrected chi connectivity index (χ4v) is 1.69. The lowest BCUT2D eigenvalue weighted by Crippen LogP contribution is -2.07. The van der Waals surface area contributed by atoms with Crippen LogP contribution in [0, 0.1) is 3.57 Å². The van der Waals surface area contributed by atoms with Gasteiger partial charge in [-0.25, -0.2) is 4.79 Å². The van der Waals surface area contributed by atoms with Gasteiger partial charge >= 0.3 is 5.97 Å². The molecule has 0 amide bonds. The molecule has 73 valence electrons. The Labute approximate surface area is 101 Å². The van der Waals surface area contributed by atoms with Crippen molar-refractivity contribution in [3.63, 3.8) is 0 Å². The van der Waals surface area contributed by atoms with Crippen molar-refractivity contribution in [3.8, 4) is 0 Å². The van der Waals surface area contributed by atoms with E-state index in [2.05, 4.69) is 32.8 Å². The molecule has 0 aliphatic carbocycles. The average Bonchev–Trinajstić information content (AvgIpc) is 2.18. The van der Waals surface area contributed by atoms with Gasteiger partial charge < -0.3 is 4.74 Å². The van der Waals surface area contributed by atoms with Crippen molar-refractivity contribution in [2.24, 2.45) is 0 Å². The highest BCUT2D eigenvalue weighted by atomic mass is 127. The summed E-state index contributed by atoms with van der Waals surface area (Å²) in [4.78, 5) is 11.5. The van der Waals surface area contributed by atoms with Crippen LogP contribution in [0.4, 0.5) is 0 Å². The number of hydrogen-bond acceptors (Lipinski definition) is 2. The number of hydrogen-bond donors (Lipinski definition) is 0. The third-order valence-electron chi connectivity index (χ3n) is 1.65. The number of esters is 1. The molecule has 0 fully saturated rings. The molecule has 1 aromatic rings. The minimum Gasteiger partial charge on any atom is -0.462 e. The van der Waals surface area contributed by atoms with Crippen molar-refractivity contribution in [2.75, 3.05) is 6.61 Å². The Bertz CT molecular complexity index is 315. The minimum atomic E-state index is -0.241. The van der Waals surface area contributed by atoms with Crippen LogP contribution in [-0.4, -0.2) is 22.8 Å². The number of ether oxygens (including phenoxy) is 1. The van der Waals surface area contributed by atoms with Gasteiger partial charge in [0.2, 0.25) is 0 Å². The van der Waals surface area contributed by atoms with Gasteiger partial charge in [0.05, 0.1) is 12.2 Å². The standard InChI is InChI=1S/C10H10IO2Si/c11-9-5-2-1-4-8(9)10(12)13-6-3-7-14/h1-2,4-5H,3,6-7H2. The molecule has 14 heavy (non-hydrogen) atoms. The molecule has 0 aliphatic heterocycles. The van der Waals surface area contributed by atoms with Gasteiger partial charge in [-0.3, -0.25) is 0 Å². The van der Waals surface area contributed by atoms with E-state index in [9.17, 15) is 4.79 Å². The maximum absolute atomic E-state index is 11.5. The van der Waals surface area contributed by atoms with Crippen molar-refractivity contribution in [2.45, 2.75) is 12.5 Å². The van der Waals surface area contributed by atoms with Gasteiger partial charge in [-0.2, -0.15) is 0 Å². The summed E-state index contributed by atoms with van der Waals surface area (Å²) in [6.45, 7) is 0.466. The van der Waals surface area contributed by atoms with E-state index in [-0.39, 0.29) is 5.97 Å². The molecule has 3 radical (unpaired) electrons. The largest absolute Gasteiger partial charge is 0.462 e. The summed E-state index contributed by atoms with van der Waals surface area (Å²) in [5.41, 5.74) is 0.641. The number of halogens is 1. The van der Waals surface area contributed by atoms with Gasteiger partial charge in [-0.05, 0) is 41.1 Å². The van der Waals surface area contributed by atoms with Crippen LogP contribution in [0.15, 0.2) is 24.3 Å². The summed E-state index contributed by atoms with van der Waals surface area (Å²) in [7, 11) is 3.32. The first-order chi connectivity index (χ1) is 6.75. The highest BCUT2D eigenvalue weighted by molar-refractivity contribution is 14.1. The molecule has 0 aromatic heterocycles. The zero-order valence-corrected chi connectivity index (χ0v) is 10.8. The van der Waals surface area contributed by atoms with Crippen LogP contribution < -0.4 is 0 Å². The Morgan fingerprint density at radius 1 is 1.43 bits per heavy atom. The van der Waals surface area contributed by atoms with Gasteiger partial charge in [-0.15, -0.1) is 0 Å². The Balaban J connectivity index is 2.56. The maximum atomic E-state index is 11.5. The third kappa shape index (κ3) is 3.41. The van der Waals surface area contributed by atoms with Crippen molar-refractivity contribution < 1.29 is 9.53 Å². The molecule has 0 N–H and O–H groups in total. The summed E-state index contributed by atoms with van der Waals surface area (Å²) >= 11 is 2.13. The molecule has 2 nitrogen and oxygen atoms in total. The highest BCUT2D eigenvalue weighted by Gasteiger charge is 2.09. The van der Waals surface area contributed by atoms with Gasteiger partial charge in [0.1, 0.15) is 0 Å². The van der Waals surface area contributed by atoms with E-state index in [1.54, 1.807) is 6.07 Å². The predicted octanol–water partition coefficient (Wildman–Crippen LogP) is 2.42. The smallest absolute Gasteiger partial charge is 0.339 e. The highest BCUT2D eigenvalue weighted by Crippen LogP contribution is 2.12. The molecule has 0 unspecified atom stereocenters. The van der Waals surface area contributed by atoms with E-state index in [0.717, 1.165) is 16.0 Å². The molecule has 0 bridgehead atoms. The molecule has 1 aromatic carbocycles. The fourth-order valence-electron chi connectivity index (χ4n) is 0.942. The average molecular weight is 317 g/mol. The van der Waals surface area contributed by atoms with E-state index >= 15 is 0 Å². The first kappa shape index (κ1) is 11.7. The Hall–Kier alpha value is -0.363. The quantitative estimate of drug-likeness (QED) is 0.369. The molecule has 4 heteroatoms. The molecular formula is C10H10IO2Si. The van der Waals surface area contributed by atoms with Crippen molar-refractivity contribution >= 4 is 38.8 Å². The second-order valence-electron chi connectivity index (χ2n) is 2.72. The molecule has 0 spiro atoms. The van der Waals surface area contributed by atoms with Gasteiger partial charge in [0.15, 0.2) is 0 Å². The molecule has 0 heterocycles. The molecular weight excluding hydrogens is 307 g/mol. The Morgan fingerprint density at radius 3 is 2.79 bits per heavy atom. The Kier molecular flexibility index (Phi) is 5.17. The lowest BCUT2D eigenvalue weighted by molar-refractivity contribution is 0.0504. The van der Waals surface area contributed by atoms with Crippen LogP contribution in [-0.2, 0) is 4.74 Å². The first-order valence-electron chi connectivity index (χ1n) is 4.32. The summed E-state index contributed by atoms with van der Waals surface area (Å²) in [6.07, 6.45) is 0.839. The summed E-state index contributed by atoms with van der Waals surface area (Å²) in [5.74, 6) is -0.241. The van der Waals surface area contributed by atoms with Crippen LogP contribution in [0.5, 0.6) is 0 Å².